The Bertz CT molecular complexity index is 1220. The van der Waals surface area contributed by atoms with Crippen LogP contribution in [0.1, 0.15) is 38.7 Å². The molecule has 1 unspecified atom stereocenters. The Hall–Kier alpha value is -3.11. The molecule has 0 bridgehead atoms. The Morgan fingerprint density at radius 3 is 2.67 bits per heavy atom. The van der Waals surface area contributed by atoms with Gasteiger partial charge in [-0.25, -0.2) is 4.98 Å². The summed E-state index contributed by atoms with van der Waals surface area (Å²) in [5.74, 6) is 2.16. The van der Waals surface area contributed by atoms with E-state index in [2.05, 4.69) is 34.3 Å². The van der Waals surface area contributed by atoms with Gasteiger partial charge >= 0.3 is 0 Å². The van der Waals surface area contributed by atoms with E-state index in [0.717, 1.165) is 16.0 Å². The molecular weight excluding hydrogens is 458 g/mol. The van der Waals surface area contributed by atoms with E-state index in [1.165, 1.54) is 23.1 Å². The summed E-state index contributed by atoms with van der Waals surface area (Å²) in [7, 11) is 1.62. The second-order valence-electron chi connectivity index (χ2n) is 7.57. The molecule has 172 valence electrons. The number of ether oxygens (including phenoxy) is 2. The van der Waals surface area contributed by atoms with Crippen molar-refractivity contribution in [3.05, 3.63) is 54.4 Å². The van der Waals surface area contributed by atoms with Gasteiger partial charge in [0, 0.05) is 12.1 Å². The Labute approximate surface area is 200 Å². The number of thiazole rings is 1. The fourth-order valence-electron chi connectivity index (χ4n) is 3.29. The molecule has 0 saturated carbocycles. The van der Waals surface area contributed by atoms with Gasteiger partial charge in [0.05, 0.1) is 23.1 Å². The zero-order chi connectivity index (χ0) is 23.4. The zero-order valence-corrected chi connectivity index (χ0v) is 20.4. The quantitative estimate of drug-likeness (QED) is 0.321. The number of hydrogen-bond acceptors (Lipinski definition) is 8. The van der Waals surface area contributed by atoms with Gasteiger partial charge in [0.15, 0.2) is 22.2 Å². The molecule has 0 aliphatic rings. The number of amides is 1. The van der Waals surface area contributed by atoms with Crippen LogP contribution in [0.4, 0.5) is 5.13 Å². The number of aromatic nitrogens is 4. The molecule has 33 heavy (non-hydrogen) atoms. The third-order valence-corrected chi connectivity index (χ3v) is 6.69. The number of carbonyl (C=O) groups excluding carboxylic acids is 1. The first kappa shape index (κ1) is 23.1. The van der Waals surface area contributed by atoms with Crippen molar-refractivity contribution >= 4 is 44.4 Å². The Morgan fingerprint density at radius 2 is 1.91 bits per heavy atom. The highest BCUT2D eigenvalue weighted by Gasteiger charge is 2.22. The number of methoxy groups -OCH3 is 1. The molecule has 0 radical (unpaired) electrons. The lowest BCUT2D eigenvalue weighted by molar-refractivity contribution is -0.113. The van der Waals surface area contributed by atoms with Crippen LogP contribution in [-0.4, -0.2) is 38.5 Å². The molecule has 0 saturated heterocycles. The van der Waals surface area contributed by atoms with Crippen LogP contribution >= 0.6 is 23.1 Å². The number of nitrogens with zero attached hydrogens (tertiary/aromatic N) is 4. The first-order valence-corrected chi connectivity index (χ1v) is 12.3. The molecular formula is C23H25N5O3S2. The lowest BCUT2D eigenvalue weighted by Crippen LogP contribution is -2.16. The van der Waals surface area contributed by atoms with Gasteiger partial charge in [0.2, 0.25) is 5.91 Å². The zero-order valence-electron chi connectivity index (χ0n) is 18.8. The Morgan fingerprint density at radius 1 is 1.12 bits per heavy atom. The number of anilines is 1. The maximum absolute atomic E-state index is 12.5. The number of rotatable bonds is 9. The van der Waals surface area contributed by atoms with Crippen LogP contribution in [0.5, 0.6) is 11.5 Å². The van der Waals surface area contributed by atoms with Crippen molar-refractivity contribution in [2.45, 2.75) is 38.1 Å². The van der Waals surface area contributed by atoms with Crippen molar-refractivity contribution in [1.29, 1.82) is 0 Å². The molecule has 4 rings (SSSR count). The molecule has 0 aliphatic carbocycles. The molecule has 1 N–H and O–H groups in total. The minimum Gasteiger partial charge on any atom is -0.497 e. The largest absolute Gasteiger partial charge is 0.497 e. The fraction of sp³-hybridized carbons (Fsp3) is 0.304. The average molecular weight is 484 g/mol. The first-order valence-electron chi connectivity index (χ1n) is 10.5. The van der Waals surface area contributed by atoms with E-state index >= 15 is 0 Å². The van der Waals surface area contributed by atoms with Crippen LogP contribution in [0.15, 0.2) is 53.7 Å². The second-order valence-corrected chi connectivity index (χ2v) is 9.54. The highest BCUT2D eigenvalue weighted by molar-refractivity contribution is 7.99. The van der Waals surface area contributed by atoms with E-state index in [0.29, 0.717) is 21.9 Å². The van der Waals surface area contributed by atoms with Gasteiger partial charge in [0.1, 0.15) is 11.5 Å². The van der Waals surface area contributed by atoms with E-state index in [1.54, 1.807) is 7.11 Å². The maximum Gasteiger partial charge on any atom is 0.236 e. The summed E-state index contributed by atoms with van der Waals surface area (Å²) in [6.07, 6.45) is -0.335. The fourth-order valence-corrected chi connectivity index (χ4v) is 5.05. The van der Waals surface area contributed by atoms with Crippen LogP contribution in [-0.2, 0) is 4.79 Å². The number of carbonyl (C=O) groups is 1. The molecule has 4 aromatic rings. The van der Waals surface area contributed by atoms with Crippen molar-refractivity contribution in [2.75, 3.05) is 18.2 Å². The Balaban J connectivity index is 1.42. The smallest absolute Gasteiger partial charge is 0.236 e. The lowest BCUT2D eigenvalue weighted by atomic mass is 10.3. The minimum absolute atomic E-state index is 0.0983. The Kier molecular flexibility index (Phi) is 7.14. The molecule has 2 aromatic carbocycles. The molecule has 2 heterocycles. The van der Waals surface area contributed by atoms with Crippen molar-refractivity contribution in [3.8, 4) is 11.5 Å². The van der Waals surface area contributed by atoms with Gasteiger partial charge in [-0.3, -0.25) is 4.79 Å². The molecule has 1 atom stereocenters. The first-order chi connectivity index (χ1) is 15.9. The van der Waals surface area contributed by atoms with Crippen LogP contribution in [0, 0.1) is 0 Å². The number of thioether (sulfide) groups is 1. The summed E-state index contributed by atoms with van der Waals surface area (Å²) in [6.45, 7) is 6.03. The number of hydrogen-bond donors (Lipinski definition) is 1. The van der Waals surface area contributed by atoms with E-state index in [-0.39, 0.29) is 23.8 Å². The maximum atomic E-state index is 12.5. The summed E-state index contributed by atoms with van der Waals surface area (Å²) in [4.78, 5) is 17.0. The predicted octanol–water partition coefficient (Wildman–Crippen LogP) is 5.35. The second kappa shape index (κ2) is 10.2. The third kappa shape index (κ3) is 5.45. The highest BCUT2D eigenvalue weighted by atomic mass is 32.2. The lowest BCUT2D eigenvalue weighted by Gasteiger charge is -2.19. The van der Waals surface area contributed by atoms with E-state index in [1.807, 2.05) is 60.0 Å². The molecule has 1 amide bonds. The minimum atomic E-state index is -0.335. The van der Waals surface area contributed by atoms with Gasteiger partial charge in [-0.05, 0) is 45.0 Å². The summed E-state index contributed by atoms with van der Waals surface area (Å²) >= 11 is 2.79. The molecule has 0 aliphatic heterocycles. The summed E-state index contributed by atoms with van der Waals surface area (Å²) in [6, 6.07) is 15.3. The summed E-state index contributed by atoms with van der Waals surface area (Å²) < 4.78 is 14.4. The number of benzene rings is 2. The van der Waals surface area contributed by atoms with Gasteiger partial charge in [-0.2, -0.15) is 0 Å². The van der Waals surface area contributed by atoms with Gasteiger partial charge < -0.3 is 19.4 Å². The normalized spacial score (nSPS) is 12.2. The molecule has 2 aromatic heterocycles. The number of nitrogens with one attached hydrogen (secondary N) is 1. The molecule has 10 heteroatoms. The summed E-state index contributed by atoms with van der Waals surface area (Å²) in [5, 5.41) is 12.8. The van der Waals surface area contributed by atoms with E-state index < -0.39 is 0 Å². The molecule has 8 nitrogen and oxygen atoms in total. The van der Waals surface area contributed by atoms with Crippen LogP contribution in [0.2, 0.25) is 0 Å². The van der Waals surface area contributed by atoms with Crippen LogP contribution in [0.25, 0.3) is 10.2 Å². The topological polar surface area (TPSA) is 91.2 Å². The SMILES string of the molecule is COc1cccc(OC(C)c2nnc(SCC(=O)Nc3nc4ccccc4s3)n2C(C)C)c1. The monoisotopic (exact) mass is 483 g/mol. The van der Waals surface area contributed by atoms with Crippen LogP contribution in [0.3, 0.4) is 0 Å². The third-order valence-electron chi connectivity index (χ3n) is 4.80. The van der Waals surface area contributed by atoms with E-state index in [9.17, 15) is 4.79 Å². The summed E-state index contributed by atoms with van der Waals surface area (Å²) in [5.41, 5.74) is 0.875. The van der Waals surface area contributed by atoms with Crippen molar-refractivity contribution < 1.29 is 14.3 Å². The van der Waals surface area contributed by atoms with Gasteiger partial charge in [-0.1, -0.05) is 41.3 Å². The van der Waals surface area contributed by atoms with Gasteiger partial charge in [-0.15, -0.1) is 10.2 Å². The van der Waals surface area contributed by atoms with Crippen LogP contribution < -0.4 is 14.8 Å². The number of fused-ring (bicyclic) bond motifs is 1. The molecule has 0 spiro atoms. The van der Waals surface area contributed by atoms with Crippen molar-refractivity contribution in [3.63, 3.8) is 0 Å². The standard InChI is InChI=1S/C23H25N5O3S2/c1-14(2)28-21(15(3)31-17-9-7-8-16(12-17)30-4)26-27-23(28)32-13-20(29)25-22-24-18-10-5-6-11-19(18)33-22/h5-12,14-15H,13H2,1-4H3,(H,24,25,29). The van der Waals surface area contributed by atoms with Crippen molar-refractivity contribution in [2.24, 2.45) is 0 Å². The van der Waals surface area contributed by atoms with Crippen molar-refractivity contribution in [1.82, 2.24) is 19.7 Å². The predicted molar refractivity (Wildman–Crippen MR) is 131 cm³/mol. The van der Waals surface area contributed by atoms with Gasteiger partial charge in [0.25, 0.3) is 0 Å². The highest BCUT2D eigenvalue weighted by Crippen LogP contribution is 2.29. The average Bonchev–Trinajstić information content (AvgIpc) is 3.41. The molecule has 0 fully saturated rings. The van der Waals surface area contributed by atoms with E-state index in [4.69, 9.17) is 9.47 Å². The number of para-hydroxylation sites is 1.